The van der Waals surface area contributed by atoms with Crippen molar-refractivity contribution >= 4 is 34.7 Å². The summed E-state index contributed by atoms with van der Waals surface area (Å²) < 4.78 is 0. The van der Waals surface area contributed by atoms with Gasteiger partial charge in [-0.15, -0.1) is 11.3 Å². The lowest BCUT2D eigenvalue weighted by atomic mass is 10.0. The second kappa shape index (κ2) is 5.81. The summed E-state index contributed by atoms with van der Waals surface area (Å²) in [5.74, 6) is -0.00752. The minimum atomic E-state index is -0.467. The molecule has 25 heavy (non-hydrogen) atoms. The lowest BCUT2D eigenvalue weighted by molar-refractivity contribution is 0.0902. The summed E-state index contributed by atoms with van der Waals surface area (Å²) in [6, 6.07) is 6.13. The Morgan fingerprint density at radius 3 is 2.92 bits per heavy atom. The molecule has 2 aromatic heterocycles. The van der Waals surface area contributed by atoms with Gasteiger partial charge in [-0.25, -0.2) is 0 Å². The highest BCUT2D eigenvalue weighted by Crippen LogP contribution is 2.41. The fourth-order valence-corrected chi connectivity index (χ4v) is 4.43. The molecule has 0 radical (unpaired) electrons. The third-order valence-corrected chi connectivity index (χ3v) is 5.80. The number of anilines is 1. The molecular weight excluding hydrogens is 332 g/mol. The molecule has 0 atom stereocenters. The summed E-state index contributed by atoms with van der Waals surface area (Å²) in [5, 5.41) is 3.12. The Morgan fingerprint density at radius 2 is 2.24 bits per heavy atom. The van der Waals surface area contributed by atoms with E-state index in [0.717, 1.165) is 33.1 Å². The molecule has 4 rings (SSSR count). The van der Waals surface area contributed by atoms with Crippen LogP contribution in [-0.2, 0) is 6.54 Å². The largest absolute Gasteiger partial charge is 0.343 e. The number of hydrogen-bond donors (Lipinski definition) is 1. The minimum Gasteiger partial charge on any atom is -0.343 e. The van der Waals surface area contributed by atoms with Gasteiger partial charge in [-0.05, 0) is 44.0 Å². The van der Waals surface area contributed by atoms with Gasteiger partial charge < -0.3 is 10.2 Å². The number of pyridine rings is 1. The molecule has 2 aliphatic rings. The van der Waals surface area contributed by atoms with E-state index >= 15 is 0 Å². The number of carbonyl (C=O) groups is 1. The molecule has 2 aliphatic heterocycles. The van der Waals surface area contributed by atoms with Gasteiger partial charge in [-0.2, -0.15) is 0 Å². The first-order valence-corrected chi connectivity index (χ1v) is 9.10. The third kappa shape index (κ3) is 2.76. The van der Waals surface area contributed by atoms with Gasteiger partial charge in [0.25, 0.3) is 5.91 Å². The fourth-order valence-electron chi connectivity index (χ4n) is 3.28. The van der Waals surface area contributed by atoms with Gasteiger partial charge in [-0.3, -0.25) is 14.8 Å². The minimum absolute atomic E-state index is 0.00752. The summed E-state index contributed by atoms with van der Waals surface area (Å²) in [6.45, 7) is 7.59. The van der Waals surface area contributed by atoms with Crippen LogP contribution in [0.3, 0.4) is 0 Å². The van der Waals surface area contributed by atoms with E-state index in [0.29, 0.717) is 6.54 Å². The fraction of sp³-hybridized carbons (Fsp3) is 0.316. The zero-order chi connectivity index (χ0) is 17.6. The van der Waals surface area contributed by atoms with Crippen LogP contribution in [-0.4, -0.2) is 29.3 Å². The Kier molecular flexibility index (Phi) is 3.72. The number of thiophene rings is 1. The van der Waals surface area contributed by atoms with E-state index in [4.69, 9.17) is 0 Å². The van der Waals surface area contributed by atoms with Crippen molar-refractivity contribution in [2.24, 2.45) is 4.99 Å². The number of aromatic nitrogens is 1. The molecule has 0 bridgehead atoms. The van der Waals surface area contributed by atoms with Gasteiger partial charge in [0.05, 0.1) is 12.2 Å². The number of hydrogen-bond acceptors (Lipinski definition) is 5. The molecule has 0 aliphatic carbocycles. The normalized spacial score (nSPS) is 18.5. The molecule has 0 unspecified atom stereocenters. The second-order valence-electron chi connectivity index (χ2n) is 6.95. The number of rotatable bonds is 3. The maximum atomic E-state index is 12.6. The molecule has 0 spiro atoms. The van der Waals surface area contributed by atoms with Gasteiger partial charge in [-0.1, -0.05) is 6.07 Å². The third-order valence-electron chi connectivity index (χ3n) is 4.64. The van der Waals surface area contributed by atoms with Gasteiger partial charge in [0.1, 0.15) is 10.5 Å². The molecule has 0 saturated carbocycles. The number of allylic oxidation sites excluding steroid dienone is 1. The predicted octanol–water partition coefficient (Wildman–Crippen LogP) is 3.49. The van der Waals surface area contributed by atoms with E-state index < -0.39 is 5.66 Å². The average molecular weight is 352 g/mol. The lowest BCUT2D eigenvalue weighted by Crippen LogP contribution is -2.59. The SMILES string of the molecule is CC1=C(c2cc3c(s2)C(=O)NC(C)(C)N3Cc2cccnc2)C=NC1. The van der Waals surface area contributed by atoms with Crippen molar-refractivity contribution in [1.82, 2.24) is 10.3 Å². The predicted molar refractivity (Wildman–Crippen MR) is 102 cm³/mol. The van der Waals surface area contributed by atoms with E-state index in [-0.39, 0.29) is 5.91 Å². The van der Waals surface area contributed by atoms with E-state index in [1.165, 1.54) is 5.57 Å². The molecule has 0 fully saturated rings. The monoisotopic (exact) mass is 352 g/mol. The Balaban J connectivity index is 1.79. The van der Waals surface area contributed by atoms with Crippen molar-refractivity contribution in [2.75, 3.05) is 11.4 Å². The van der Waals surface area contributed by atoms with Crippen molar-refractivity contribution in [3.63, 3.8) is 0 Å². The van der Waals surface area contributed by atoms with Gasteiger partial charge in [0.15, 0.2) is 0 Å². The molecule has 0 aromatic carbocycles. The zero-order valence-electron chi connectivity index (χ0n) is 14.5. The Hall–Kier alpha value is -2.47. The van der Waals surface area contributed by atoms with Crippen molar-refractivity contribution in [3.05, 3.63) is 51.5 Å². The van der Waals surface area contributed by atoms with Crippen LogP contribution in [0.25, 0.3) is 5.57 Å². The van der Waals surface area contributed by atoms with Gasteiger partial charge in [0.2, 0.25) is 0 Å². The standard InChI is InChI=1S/C19H20N4OS/c1-12-8-21-10-14(12)16-7-15-17(25-16)18(24)22-19(2,3)23(15)11-13-5-4-6-20-9-13/h4-7,9-10H,8,11H2,1-3H3,(H,22,24). The lowest BCUT2D eigenvalue weighted by Gasteiger charge is -2.44. The summed E-state index contributed by atoms with van der Waals surface area (Å²) in [7, 11) is 0. The van der Waals surface area contributed by atoms with Crippen LogP contribution in [0.5, 0.6) is 0 Å². The van der Waals surface area contributed by atoms with E-state index in [1.807, 2.05) is 32.3 Å². The van der Waals surface area contributed by atoms with E-state index in [1.54, 1.807) is 17.5 Å². The first kappa shape index (κ1) is 16.0. The topological polar surface area (TPSA) is 57.6 Å². The van der Waals surface area contributed by atoms with Crippen LogP contribution >= 0.6 is 11.3 Å². The van der Waals surface area contributed by atoms with Crippen molar-refractivity contribution in [3.8, 4) is 0 Å². The molecule has 6 heteroatoms. The molecule has 5 nitrogen and oxygen atoms in total. The Morgan fingerprint density at radius 1 is 1.40 bits per heavy atom. The van der Waals surface area contributed by atoms with Crippen molar-refractivity contribution in [1.29, 1.82) is 0 Å². The number of carbonyl (C=O) groups excluding carboxylic acids is 1. The summed E-state index contributed by atoms with van der Waals surface area (Å²) in [6.07, 6.45) is 5.56. The van der Waals surface area contributed by atoms with Crippen molar-refractivity contribution < 1.29 is 4.79 Å². The van der Waals surface area contributed by atoms with Crippen LogP contribution in [0.15, 0.2) is 41.2 Å². The maximum Gasteiger partial charge on any atom is 0.265 e. The van der Waals surface area contributed by atoms with Crippen LogP contribution in [0.4, 0.5) is 5.69 Å². The van der Waals surface area contributed by atoms with E-state index in [9.17, 15) is 4.79 Å². The van der Waals surface area contributed by atoms with Gasteiger partial charge >= 0.3 is 0 Å². The second-order valence-corrected chi connectivity index (χ2v) is 8.00. The maximum absolute atomic E-state index is 12.6. The molecule has 4 heterocycles. The number of aliphatic imine (C=N–C) groups is 1. The number of nitrogens with one attached hydrogen (secondary N) is 1. The number of nitrogens with zero attached hydrogens (tertiary/aromatic N) is 3. The summed E-state index contributed by atoms with van der Waals surface area (Å²) >= 11 is 1.54. The molecule has 0 saturated heterocycles. The van der Waals surface area contributed by atoms with Crippen LogP contribution in [0.1, 0.15) is 40.9 Å². The highest BCUT2D eigenvalue weighted by atomic mass is 32.1. The zero-order valence-corrected chi connectivity index (χ0v) is 15.4. The van der Waals surface area contributed by atoms with Crippen LogP contribution in [0.2, 0.25) is 0 Å². The molecule has 1 amide bonds. The van der Waals surface area contributed by atoms with Gasteiger partial charge in [0, 0.05) is 35.6 Å². The Labute approximate surface area is 151 Å². The van der Waals surface area contributed by atoms with Crippen LogP contribution < -0.4 is 10.2 Å². The number of amides is 1. The summed E-state index contributed by atoms with van der Waals surface area (Å²) in [4.78, 5) is 25.3. The summed E-state index contributed by atoms with van der Waals surface area (Å²) in [5.41, 5.74) is 4.02. The quantitative estimate of drug-likeness (QED) is 0.920. The van der Waals surface area contributed by atoms with Crippen molar-refractivity contribution in [2.45, 2.75) is 33.0 Å². The average Bonchev–Trinajstić information content (AvgIpc) is 3.18. The molecule has 128 valence electrons. The number of fused-ring (bicyclic) bond motifs is 1. The highest BCUT2D eigenvalue weighted by molar-refractivity contribution is 7.16. The highest BCUT2D eigenvalue weighted by Gasteiger charge is 2.38. The first-order chi connectivity index (χ1) is 12.0. The van der Waals surface area contributed by atoms with Crippen LogP contribution in [0, 0.1) is 0 Å². The smallest absolute Gasteiger partial charge is 0.265 e. The van der Waals surface area contributed by atoms with E-state index in [2.05, 4.69) is 39.2 Å². The molecule has 1 N–H and O–H groups in total. The molecular formula is C19H20N4OS. The first-order valence-electron chi connectivity index (χ1n) is 8.28. The molecule has 2 aromatic rings. The Bertz CT molecular complexity index is 895.